The molecule has 4 nitrogen and oxygen atoms in total. The summed E-state index contributed by atoms with van der Waals surface area (Å²) in [5, 5.41) is 0. The molecule has 0 saturated heterocycles. The zero-order chi connectivity index (χ0) is 12.4. The Kier molecular flexibility index (Phi) is 9.24. The lowest BCUT2D eigenvalue weighted by atomic mass is 10.1. The van der Waals surface area contributed by atoms with Crippen LogP contribution in [0.4, 0.5) is 0 Å². The highest BCUT2D eigenvalue weighted by Crippen LogP contribution is 2.02. The van der Waals surface area contributed by atoms with Gasteiger partial charge in [0.25, 0.3) is 0 Å². The molecule has 0 spiro atoms. The maximum atomic E-state index is 11.4. The lowest BCUT2D eigenvalue weighted by Crippen LogP contribution is -2.35. The van der Waals surface area contributed by atoms with Gasteiger partial charge in [0.1, 0.15) is 0 Å². The molecule has 0 saturated carbocycles. The van der Waals surface area contributed by atoms with Crippen LogP contribution in [0, 0.1) is 5.92 Å². The van der Waals surface area contributed by atoms with Gasteiger partial charge in [0, 0.05) is 19.7 Å². The lowest BCUT2D eigenvalue weighted by molar-refractivity contribution is -0.148. The zero-order valence-corrected chi connectivity index (χ0v) is 11.0. The van der Waals surface area contributed by atoms with Crippen molar-refractivity contribution in [2.75, 3.05) is 39.5 Å². The Hall–Kier alpha value is -0.610. The first-order valence-corrected chi connectivity index (χ1v) is 6.12. The molecule has 1 unspecified atom stereocenters. The van der Waals surface area contributed by atoms with Gasteiger partial charge in [0.05, 0.1) is 19.1 Å². The van der Waals surface area contributed by atoms with Gasteiger partial charge in [-0.15, -0.1) is 0 Å². The molecule has 0 aromatic heterocycles. The van der Waals surface area contributed by atoms with Gasteiger partial charge in [0.2, 0.25) is 0 Å². The van der Waals surface area contributed by atoms with Gasteiger partial charge in [-0.25, -0.2) is 0 Å². The third-order valence-electron chi connectivity index (χ3n) is 2.42. The number of esters is 1. The van der Waals surface area contributed by atoms with E-state index in [0.29, 0.717) is 6.61 Å². The standard InChI is InChI=1S/C12H25NO3/c1-5-13(8-9-15-6-2)10-11(4)12(14)16-7-3/h11H,5-10H2,1-4H3. The molecule has 0 amide bonds. The predicted octanol–water partition coefficient (Wildman–Crippen LogP) is 1.54. The molecule has 0 aliphatic heterocycles. The molecule has 0 heterocycles. The maximum Gasteiger partial charge on any atom is 0.309 e. The van der Waals surface area contributed by atoms with Crippen molar-refractivity contribution in [1.82, 2.24) is 4.90 Å². The van der Waals surface area contributed by atoms with Crippen LogP contribution in [0.2, 0.25) is 0 Å². The second-order valence-electron chi connectivity index (χ2n) is 3.74. The Bertz CT molecular complexity index is 185. The highest BCUT2D eigenvalue weighted by atomic mass is 16.5. The van der Waals surface area contributed by atoms with E-state index in [0.717, 1.165) is 32.8 Å². The van der Waals surface area contributed by atoms with Crippen LogP contribution in [0.25, 0.3) is 0 Å². The van der Waals surface area contributed by atoms with Gasteiger partial charge in [-0.2, -0.15) is 0 Å². The molecule has 0 rings (SSSR count). The Balaban J connectivity index is 3.86. The molecule has 1 atom stereocenters. The third-order valence-corrected chi connectivity index (χ3v) is 2.42. The summed E-state index contributed by atoms with van der Waals surface area (Å²) >= 11 is 0. The number of carbonyl (C=O) groups excluding carboxylic acids is 1. The molecule has 0 bridgehead atoms. The number of nitrogens with zero attached hydrogens (tertiary/aromatic N) is 1. The van der Waals surface area contributed by atoms with Crippen LogP contribution in [0.1, 0.15) is 27.7 Å². The van der Waals surface area contributed by atoms with E-state index in [1.165, 1.54) is 0 Å². The van der Waals surface area contributed by atoms with Gasteiger partial charge in [-0.3, -0.25) is 4.79 Å². The summed E-state index contributed by atoms with van der Waals surface area (Å²) in [5.74, 6) is -0.182. The summed E-state index contributed by atoms with van der Waals surface area (Å²) in [6.45, 7) is 12.3. The molecule has 0 aliphatic rings. The lowest BCUT2D eigenvalue weighted by Gasteiger charge is -2.23. The van der Waals surface area contributed by atoms with Crippen molar-refractivity contribution >= 4 is 5.97 Å². The molecule has 4 heteroatoms. The second-order valence-corrected chi connectivity index (χ2v) is 3.74. The first-order valence-electron chi connectivity index (χ1n) is 6.12. The Labute approximate surface area is 98.9 Å². The molecule has 0 radical (unpaired) electrons. The molecular formula is C12H25NO3. The van der Waals surface area contributed by atoms with Crippen LogP contribution in [-0.4, -0.2) is 50.3 Å². The SMILES string of the molecule is CCOCCN(CC)CC(C)C(=O)OCC. The summed E-state index contributed by atoms with van der Waals surface area (Å²) in [7, 11) is 0. The zero-order valence-electron chi connectivity index (χ0n) is 11.0. The van der Waals surface area contributed by atoms with Crippen molar-refractivity contribution in [2.24, 2.45) is 5.92 Å². The number of ether oxygens (including phenoxy) is 2. The highest BCUT2D eigenvalue weighted by Gasteiger charge is 2.16. The largest absolute Gasteiger partial charge is 0.466 e. The monoisotopic (exact) mass is 231 g/mol. The van der Waals surface area contributed by atoms with Crippen molar-refractivity contribution in [3.63, 3.8) is 0 Å². The molecule has 16 heavy (non-hydrogen) atoms. The van der Waals surface area contributed by atoms with Crippen molar-refractivity contribution < 1.29 is 14.3 Å². The average Bonchev–Trinajstić information content (AvgIpc) is 2.28. The van der Waals surface area contributed by atoms with E-state index < -0.39 is 0 Å². The van der Waals surface area contributed by atoms with E-state index in [9.17, 15) is 4.79 Å². The van der Waals surface area contributed by atoms with Crippen LogP contribution in [0.15, 0.2) is 0 Å². The van der Waals surface area contributed by atoms with Crippen molar-refractivity contribution in [3.8, 4) is 0 Å². The smallest absolute Gasteiger partial charge is 0.309 e. The van der Waals surface area contributed by atoms with Gasteiger partial charge in [-0.1, -0.05) is 13.8 Å². The summed E-state index contributed by atoms with van der Waals surface area (Å²) in [6, 6.07) is 0. The predicted molar refractivity (Wildman–Crippen MR) is 64.4 cm³/mol. The minimum atomic E-state index is -0.114. The van der Waals surface area contributed by atoms with Gasteiger partial charge in [0.15, 0.2) is 0 Å². The van der Waals surface area contributed by atoms with E-state index >= 15 is 0 Å². The molecule has 0 aromatic carbocycles. The number of hydrogen-bond donors (Lipinski definition) is 0. The quantitative estimate of drug-likeness (QED) is 0.446. The Morgan fingerprint density at radius 2 is 1.94 bits per heavy atom. The van der Waals surface area contributed by atoms with E-state index in [2.05, 4.69) is 11.8 Å². The highest BCUT2D eigenvalue weighted by molar-refractivity contribution is 5.72. The fourth-order valence-corrected chi connectivity index (χ4v) is 1.46. The van der Waals surface area contributed by atoms with Crippen molar-refractivity contribution in [1.29, 1.82) is 0 Å². The fourth-order valence-electron chi connectivity index (χ4n) is 1.46. The molecule has 0 aromatic rings. The Morgan fingerprint density at radius 1 is 1.25 bits per heavy atom. The van der Waals surface area contributed by atoms with E-state index in [1.54, 1.807) is 0 Å². The fraction of sp³-hybridized carbons (Fsp3) is 0.917. The van der Waals surface area contributed by atoms with Crippen LogP contribution < -0.4 is 0 Å². The third kappa shape index (κ3) is 6.80. The van der Waals surface area contributed by atoms with Crippen molar-refractivity contribution in [2.45, 2.75) is 27.7 Å². The van der Waals surface area contributed by atoms with Gasteiger partial charge >= 0.3 is 5.97 Å². The summed E-state index contributed by atoms with van der Waals surface area (Å²) in [5.41, 5.74) is 0. The topological polar surface area (TPSA) is 38.8 Å². The maximum absolute atomic E-state index is 11.4. The minimum absolute atomic E-state index is 0.0680. The van der Waals surface area contributed by atoms with Crippen LogP contribution >= 0.6 is 0 Å². The van der Waals surface area contributed by atoms with E-state index in [4.69, 9.17) is 9.47 Å². The van der Waals surface area contributed by atoms with Gasteiger partial charge < -0.3 is 14.4 Å². The van der Waals surface area contributed by atoms with Crippen LogP contribution in [0.3, 0.4) is 0 Å². The molecule has 96 valence electrons. The summed E-state index contributed by atoms with van der Waals surface area (Å²) < 4.78 is 10.3. The molecule has 0 aliphatic carbocycles. The number of likely N-dealkylation sites (N-methyl/N-ethyl adjacent to an activating group) is 1. The van der Waals surface area contributed by atoms with Gasteiger partial charge in [-0.05, 0) is 20.4 Å². The normalized spacial score (nSPS) is 12.8. The first-order chi connectivity index (χ1) is 7.65. The average molecular weight is 231 g/mol. The molecule has 0 N–H and O–H groups in total. The van der Waals surface area contributed by atoms with E-state index in [1.807, 2.05) is 20.8 Å². The van der Waals surface area contributed by atoms with E-state index in [-0.39, 0.29) is 11.9 Å². The Morgan fingerprint density at radius 3 is 2.44 bits per heavy atom. The molecular weight excluding hydrogens is 206 g/mol. The summed E-state index contributed by atoms with van der Waals surface area (Å²) in [6.07, 6.45) is 0. The molecule has 0 fully saturated rings. The van der Waals surface area contributed by atoms with Crippen molar-refractivity contribution in [3.05, 3.63) is 0 Å². The first kappa shape index (κ1) is 15.4. The number of carbonyl (C=O) groups is 1. The minimum Gasteiger partial charge on any atom is -0.466 e. The number of hydrogen-bond acceptors (Lipinski definition) is 4. The van der Waals surface area contributed by atoms with Crippen LogP contribution in [-0.2, 0) is 14.3 Å². The number of rotatable bonds is 9. The second kappa shape index (κ2) is 9.60. The van der Waals surface area contributed by atoms with Crippen LogP contribution in [0.5, 0.6) is 0 Å². The summed E-state index contributed by atoms with van der Waals surface area (Å²) in [4.78, 5) is 13.6.